The SMILES string of the molecule is COC(=O)[C@H]1[C@H]2C[C@@H]3c4[nH]c5cc(OC)ccc5c4CCN3C[C@H]2C[C@@H](OC(=O)c2cccc(N)c2)[C@@H]1OC. The van der Waals surface area contributed by atoms with Crippen molar-refractivity contribution < 1.29 is 28.5 Å². The first-order chi connectivity index (χ1) is 18.9. The number of carbonyl (C=O) groups excluding carboxylic acids is 2. The van der Waals surface area contributed by atoms with E-state index in [4.69, 9.17) is 24.7 Å². The molecule has 0 radical (unpaired) electrons. The molecule has 3 aliphatic rings. The second-order valence-electron chi connectivity index (χ2n) is 10.9. The van der Waals surface area contributed by atoms with Crippen LogP contribution in [0.25, 0.3) is 10.9 Å². The van der Waals surface area contributed by atoms with Gasteiger partial charge in [-0.15, -0.1) is 0 Å². The number of nitrogens with two attached hydrogens (primary N) is 1. The third kappa shape index (κ3) is 4.43. The molecule has 2 fully saturated rings. The lowest BCUT2D eigenvalue weighted by atomic mass is 9.63. The number of H-pyrrole nitrogens is 1. The van der Waals surface area contributed by atoms with Crippen molar-refractivity contribution >= 4 is 28.5 Å². The number of ether oxygens (including phenoxy) is 4. The van der Waals surface area contributed by atoms with Crippen LogP contribution in [0.1, 0.15) is 40.5 Å². The first kappa shape index (κ1) is 25.7. The van der Waals surface area contributed by atoms with Crippen molar-refractivity contribution in [3.05, 3.63) is 59.3 Å². The van der Waals surface area contributed by atoms with E-state index in [1.807, 2.05) is 12.1 Å². The van der Waals surface area contributed by atoms with Crippen LogP contribution in [0.3, 0.4) is 0 Å². The zero-order valence-corrected chi connectivity index (χ0v) is 22.5. The minimum Gasteiger partial charge on any atom is -0.497 e. The number of anilines is 1. The van der Waals surface area contributed by atoms with Gasteiger partial charge in [-0.2, -0.15) is 0 Å². The summed E-state index contributed by atoms with van der Waals surface area (Å²) in [6, 6.07) is 13.0. The van der Waals surface area contributed by atoms with E-state index in [0.29, 0.717) is 17.7 Å². The summed E-state index contributed by atoms with van der Waals surface area (Å²) in [5.41, 5.74) is 10.4. The van der Waals surface area contributed by atoms with E-state index in [1.165, 1.54) is 23.8 Å². The van der Waals surface area contributed by atoms with Crippen LogP contribution < -0.4 is 10.5 Å². The molecule has 39 heavy (non-hydrogen) atoms. The molecule has 1 saturated carbocycles. The van der Waals surface area contributed by atoms with Gasteiger partial charge in [-0.05, 0) is 67.0 Å². The summed E-state index contributed by atoms with van der Waals surface area (Å²) in [6.45, 7) is 1.74. The Balaban J connectivity index is 1.31. The second-order valence-corrected chi connectivity index (χ2v) is 10.9. The molecule has 206 valence electrons. The van der Waals surface area contributed by atoms with Crippen LogP contribution in [-0.4, -0.2) is 68.4 Å². The molecule has 0 bridgehead atoms. The molecule has 6 rings (SSSR count). The highest BCUT2D eigenvalue weighted by Gasteiger charge is 2.54. The van der Waals surface area contributed by atoms with E-state index in [0.717, 1.165) is 37.2 Å². The summed E-state index contributed by atoms with van der Waals surface area (Å²) >= 11 is 0. The third-order valence-electron chi connectivity index (χ3n) is 8.98. The molecular formula is C30H35N3O6. The lowest BCUT2D eigenvalue weighted by Crippen LogP contribution is -2.58. The van der Waals surface area contributed by atoms with Crippen molar-refractivity contribution in [3.63, 3.8) is 0 Å². The maximum atomic E-state index is 13.3. The van der Waals surface area contributed by atoms with Crippen LogP contribution in [0.15, 0.2) is 42.5 Å². The number of aromatic amines is 1. The number of nitrogens with one attached hydrogen (secondary N) is 1. The highest BCUT2D eigenvalue weighted by molar-refractivity contribution is 5.90. The molecule has 9 heteroatoms. The van der Waals surface area contributed by atoms with Crippen LogP contribution in [0.4, 0.5) is 5.69 Å². The Labute approximate surface area is 227 Å². The molecule has 3 N–H and O–H groups in total. The minimum atomic E-state index is -0.606. The molecule has 1 aliphatic carbocycles. The monoisotopic (exact) mass is 533 g/mol. The van der Waals surface area contributed by atoms with Gasteiger partial charge in [-0.3, -0.25) is 9.69 Å². The number of rotatable bonds is 5. The van der Waals surface area contributed by atoms with Crippen molar-refractivity contribution in [3.8, 4) is 5.75 Å². The highest BCUT2D eigenvalue weighted by atomic mass is 16.6. The summed E-state index contributed by atoms with van der Waals surface area (Å²) in [5, 5.41) is 1.23. The fraction of sp³-hybridized carbons (Fsp3) is 0.467. The van der Waals surface area contributed by atoms with E-state index in [9.17, 15) is 9.59 Å². The number of hydrogen-bond acceptors (Lipinski definition) is 8. The van der Waals surface area contributed by atoms with Crippen molar-refractivity contribution in [1.82, 2.24) is 9.88 Å². The molecule has 3 heterocycles. The van der Waals surface area contributed by atoms with E-state index in [2.05, 4.69) is 16.0 Å². The first-order valence-electron chi connectivity index (χ1n) is 13.5. The molecule has 0 amide bonds. The zero-order valence-electron chi connectivity index (χ0n) is 22.5. The van der Waals surface area contributed by atoms with Gasteiger partial charge in [-0.25, -0.2) is 4.79 Å². The van der Waals surface area contributed by atoms with Crippen LogP contribution in [0, 0.1) is 17.8 Å². The van der Waals surface area contributed by atoms with Crippen LogP contribution >= 0.6 is 0 Å². The first-order valence-corrected chi connectivity index (χ1v) is 13.5. The van der Waals surface area contributed by atoms with Crippen LogP contribution in [0.5, 0.6) is 5.75 Å². The van der Waals surface area contributed by atoms with Gasteiger partial charge in [0, 0.05) is 48.5 Å². The van der Waals surface area contributed by atoms with Gasteiger partial charge in [0.15, 0.2) is 0 Å². The Bertz CT molecular complexity index is 1400. The average Bonchev–Trinajstić information content (AvgIpc) is 3.33. The molecule has 2 aromatic carbocycles. The van der Waals surface area contributed by atoms with Gasteiger partial charge in [0.2, 0.25) is 0 Å². The third-order valence-corrected chi connectivity index (χ3v) is 8.98. The number of esters is 2. The number of aromatic nitrogens is 1. The molecule has 2 aliphatic heterocycles. The minimum absolute atomic E-state index is 0.0258. The Morgan fingerprint density at radius 2 is 1.92 bits per heavy atom. The largest absolute Gasteiger partial charge is 0.497 e. The fourth-order valence-corrected chi connectivity index (χ4v) is 7.23. The van der Waals surface area contributed by atoms with E-state index >= 15 is 0 Å². The average molecular weight is 534 g/mol. The van der Waals surface area contributed by atoms with Crippen molar-refractivity contribution in [2.75, 3.05) is 40.2 Å². The second kappa shape index (κ2) is 10.2. The van der Waals surface area contributed by atoms with Gasteiger partial charge in [0.1, 0.15) is 18.0 Å². The lowest BCUT2D eigenvalue weighted by molar-refractivity contribution is -0.176. The lowest BCUT2D eigenvalue weighted by Gasteiger charge is -2.52. The summed E-state index contributed by atoms with van der Waals surface area (Å²) in [6.07, 6.45) is 1.17. The summed E-state index contributed by atoms with van der Waals surface area (Å²) < 4.78 is 22.6. The summed E-state index contributed by atoms with van der Waals surface area (Å²) in [7, 11) is 4.65. The molecular weight excluding hydrogens is 498 g/mol. The Kier molecular flexibility index (Phi) is 6.72. The van der Waals surface area contributed by atoms with Gasteiger partial charge in [0.05, 0.1) is 31.7 Å². The molecule has 6 atom stereocenters. The Hall–Kier alpha value is -3.56. The maximum absolute atomic E-state index is 13.3. The number of nitrogens with zero attached hydrogens (tertiary/aromatic N) is 1. The number of piperidine rings is 1. The van der Waals surface area contributed by atoms with E-state index in [1.54, 1.807) is 38.5 Å². The van der Waals surface area contributed by atoms with Gasteiger partial charge in [-0.1, -0.05) is 6.07 Å². The number of hydrogen-bond donors (Lipinski definition) is 2. The smallest absolute Gasteiger partial charge is 0.338 e. The molecule has 0 unspecified atom stereocenters. The number of methoxy groups -OCH3 is 3. The number of benzene rings is 2. The quantitative estimate of drug-likeness (QED) is 0.377. The number of fused-ring (bicyclic) bond motifs is 6. The predicted molar refractivity (Wildman–Crippen MR) is 145 cm³/mol. The van der Waals surface area contributed by atoms with Gasteiger partial charge in [0.25, 0.3) is 0 Å². The van der Waals surface area contributed by atoms with Gasteiger partial charge >= 0.3 is 11.9 Å². The predicted octanol–water partition coefficient (Wildman–Crippen LogP) is 3.73. The normalized spacial score (nSPS) is 28.2. The van der Waals surface area contributed by atoms with Crippen molar-refractivity contribution in [2.45, 2.75) is 37.5 Å². The molecule has 1 saturated heterocycles. The van der Waals surface area contributed by atoms with Crippen LogP contribution in [-0.2, 0) is 25.4 Å². The molecule has 0 spiro atoms. The van der Waals surface area contributed by atoms with Gasteiger partial charge < -0.3 is 29.7 Å². The van der Waals surface area contributed by atoms with E-state index < -0.39 is 24.1 Å². The topological polar surface area (TPSA) is 116 Å². The summed E-state index contributed by atoms with van der Waals surface area (Å²) in [5.74, 6) is -0.344. The summed E-state index contributed by atoms with van der Waals surface area (Å²) in [4.78, 5) is 32.5. The standard InChI is InChI=1S/C30H35N3O6/c1-36-19-7-8-20-21-9-10-33-15-17-12-25(39-29(34)16-5-4-6-18(31)11-16)28(37-2)26(30(35)38-3)22(17)14-24(33)27(21)32-23(20)13-19/h4-8,11,13,17,22,24-26,28,32H,9-10,12,14-15,31H2,1-3H3/t17-,22+,24-,25-,26+,28+/m1/s1. The van der Waals surface area contributed by atoms with Crippen molar-refractivity contribution in [1.29, 1.82) is 0 Å². The zero-order chi connectivity index (χ0) is 27.3. The number of nitrogen functional groups attached to an aromatic ring is 1. The molecule has 3 aromatic rings. The highest BCUT2D eigenvalue weighted by Crippen LogP contribution is 2.50. The fourth-order valence-electron chi connectivity index (χ4n) is 7.23. The molecule has 1 aromatic heterocycles. The van der Waals surface area contributed by atoms with E-state index in [-0.39, 0.29) is 23.8 Å². The maximum Gasteiger partial charge on any atom is 0.338 e. The van der Waals surface area contributed by atoms with Crippen LogP contribution in [0.2, 0.25) is 0 Å². The van der Waals surface area contributed by atoms with Crippen molar-refractivity contribution in [2.24, 2.45) is 17.8 Å². The molecule has 9 nitrogen and oxygen atoms in total. The Morgan fingerprint density at radius 3 is 2.67 bits per heavy atom. The Morgan fingerprint density at radius 1 is 1.08 bits per heavy atom. The number of carbonyl (C=O) groups is 2.